The number of benzene rings is 3. The fourth-order valence-corrected chi connectivity index (χ4v) is 6.10. The normalized spacial score (nSPS) is 11.4. The van der Waals surface area contributed by atoms with Crippen LogP contribution in [0.25, 0.3) is 5.69 Å². The van der Waals surface area contributed by atoms with Gasteiger partial charge in [0.25, 0.3) is 15.9 Å². The molecule has 0 bridgehead atoms. The van der Waals surface area contributed by atoms with Crippen molar-refractivity contribution >= 4 is 62.6 Å². The molecule has 0 radical (unpaired) electrons. The van der Waals surface area contributed by atoms with E-state index in [1.54, 1.807) is 24.3 Å². The van der Waals surface area contributed by atoms with Crippen LogP contribution in [0, 0.1) is 13.8 Å². The summed E-state index contributed by atoms with van der Waals surface area (Å²) in [6.07, 6.45) is 1.49. The molecule has 0 aliphatic carbocycles. The minimum absolute atomic E-state index is 0.0662. The molecule has 3 aromatic carbocycles. The smallest absolute Gasteiger partial charge is 0.264 e. The number of hydrazone groups is 1. The summed E-state index contributed by atoms with van der Waals surface area (Å²) in [5.41, 5.74) is 6.42. The standard InChI is InChI=1S/C30H29Cl2N5O5S/c1-19-15-22(20(2)37(19)25-9-14-28(31)29(32)16-25)17-33-35-30(39)18-36(24-7-10-26(42-4)11-8-24)43(40,41)27-12-5-23(6-13-27)34-21(3)38/h5-17H,18H2,1-4H3,(H,34,38)(H,35,39)/b33-17-. The topological polar surface area (TPSA) is 122 Å². The third kappa shape index (κ3) is 7.37. The van der Waals surface area contributed by atoms with Gasteiger partial charge in [-0.2, -0.15) is 5.10 Å². The van der Waals surface area contributed by atoms with Gasteiger partial charge in [0.2, 0.25) is 5.91 Å². The molecule has 0 fully saturated rings. The average molecular weight is 643 g/mol. The number of carbonyl (C=O) groups is 2. The number of methoxy groups -OCH3 is 1. The predicted molar refractivity (Wildman–Crippen MR) is 169 cm³/mol. The van der Waals surface area contributed by atoms with Crippen LogP contribution in [0.1, 0.15) is 23.9 Å². The molecule has 0 aliphatic heterocycles. The first-order chi connectivity index (χ1) is 20.4. The van der Waals surface area contributed by atoms with Crippen molar-refractivity contribution in [3.05, 3.63) is 99.8 Å². The quantitative estimate of drug-likeness (QED) is 0.170. The van der Waals surface area contributed by atoms with E-state index in [-0.39, 0.29) is 16.5 Å². The maximum absolute atomic E-state index is 13.7. The number of nitrogens with one attached hydrogen (secondary N) is 2. The molecule has 2 amide bonds. The molecule has 10 nitrogen and oxygen atoms in total. The second-order valence-corrected chi connectivity index (χ2v) is 12.1. The molecule has 2 N–H and O–H groups in total. The molecular formula is C30H29Cl2N5O5S. The van der Waals surface area contributed by atoms with Crippen LogP contribution in [0.3, 0.4) is 0 Å². The van der Waals surface area contributed by atoms with Crippen molar-refractivity contribution in [1.82, 2.24) is 9.99 Å². The molecule has 4 rings (SSSR count). The van der Waals surface area contributed by atoms with Gasteiger partial charge in [-0.05, 0) is 86.6 Å². The summed E-state index contributed by atoms with van der Waals surface area (Å²) in [4.78, 5) is 24.3. The summed E-state index contributed by atoms with van der Waals surface area (Å²) >= 11 is 12.3. The molecule has 1 heterocycles. The van der Waals surface area contributed by atoms with Crippen LogP contribution in [0.15, 0.2) is 82.8 Å². The third-order valence-electron chi connectivity index (χ3n) is 6.43. The zero-order chi connectivity index (χ0) is 31.3. The number of halogens is 2. The van der Waals surface area contributed by atoms with Crippen molar-refractivity contribution in [2.24, 2.45) is 5.10 Å². The van der Waals surface area contributed by atoms with Gasteiger partial charge in [0.1, 0.15) is 12.3 Å². The van der Waals surface area contributed by atoms with E-state index in [4.69, 9.17) is 27.9 Å². The number of aryl methyl sites for hydroxylation is 1. The Morgan fingerprint density at radius 3 is 2.26 bits per heavy atom. The Labute approximate surface area is 259 Å². The van der Waals surface area contributed by atoms with E-state index < -0.39 is 22.5 Å². The Bertz CT molecular complexity index is 1790. The van der Waals surface area contributed by atoms with E-state index >= 15 is 0 Å². The van der Waals surface area contributed by atoms with Crippen molar-refractivity contribution in [1.29, 1.82) is 0 Å². The number of hydrogen-bond acceptors (Lipinski definition) is 6. The number of aromatic nitrogens is 1. The maximum Gasteiger partial charge on any atom is 0.264 e. The summed E-state index contributed by atoms with van der Waals surface area (Å²) in [7, 11) is -2.70. The number of anilines is 2. The summed E-state index contributed by atoms with van der Waals surface area (Å²) in [6.45, 7) is 4.62. The Morgan fingerprint density at radius 2 is 1.65 bits per heavy atom. The Hall–Kier alpha value is -4.32. The van der Waals surface area contributed by atoms with Gasteiger partial charge in [0.05, 0.1) is 34.0 Å². The molecule has 0 spiro atoms. The molecule has 0 atom stereocenters. The molecule has 0 unspecified atom stereocenters. The van der Waals surface area contributed by atoms with Crippen LogP contribution in [0.5, 0.6) is 5.75 Å². The van der Waals surface area contributed by atoms with E-state index in [0.29, 0.717) is 21.5 Å². The monoisotopic (exact) mass is 641 g/mol. The number of nitrogens with zero attached hydrogens (tertiary/aromatic N) is 3. The lowest BCUT2D eigenvalue weighted by Crippen LogP contribution is -2.39. The SMILES string of the molecule is COc1ccc(N(CC(=O)N/N=C\c2cc(C)n(-c3ccc(Cl)c(Cl)c3)c2C)S(=O)(=O)c2ccc(NC(C)=O)cc2)cc1. The lowest BCUT2D eigenvalue weighted by atomic mass is 10.2. The lowest BCUT2D eigenvalue weighted by Gasteiger charge is -2.24. The van der Waals surface area contributed by atoms with Crippen LogP contribution in [-0.4, -0.2) is 44.7 Å². The second kappa shape index (κ2) is 13.3. The molecule has 0 saturated heterocycles. The summed E-state index contributed by atoms with van der Waals surface area (Å²) in [5.74, 6) is -0.430. The van der Waals surface area contributed by atoms with Crippen LogP contribution >= 0.6 is 23.2 Å². The van der Waals surface area contributed by atoms with Crippen LogP contribution in [0.4, 0.5) is 11.4 Å². The van der Waals surface area contributed by atoms with Crippen LogP contribution < -0.4 is 19.8 Å². The highest BCUT2D eigenvalue weighted by Gasteiger charge is 2.27. The van der Waals surface area contributed by atoms with Gasteiger partial charge >= 0.3 is 0 Å². The third-order valence-corrected chi connectivity index (χ3v) is 8.96. The molecule has 0 aliphatic rings. The van der Waals surface area contributed by atoms with Crippen molar-refractivity contribution in [3.63, 3.8) is 0 Å². The summed E-state index contributed by atoms with van der Waals surface area (Å²) in [5, 5.41) is 7.55. The van der Waals surface area contributed by atoms with Gasteiger partial charge < -0.3 is 14.6 Å². The number of hydrogen-bond donors (Lipinski definition) is 2. The fourth-order valence-electron chi connectivity index (χ4n) is 4.38. The summed E-state index contributed by atoms with van der Waals surface area (Å²) < 4.78 is 35.5. The second-order valence-electron chi connectivity index (χ2n) is 9.47. The molecule has 4 aromatic rings. The van der Waals surface area contributed by atoms with E-state index in [9.17, 15) is 18.0 Å². The van der Waals surface area contributed by atoms with Crippen LogP contribution in [0.2, 0.25) is 10.0 Å². The number of carbonyl (C=O) groups excluding carboxylic acids is 2. The van der Waals surface area contributed by atoms with Crippen molar-refractivity contribution in [2.45, 2.75) is 25.7 Å². The van der Waals surface area contributed by atoms with E-state index in [2.05, 4.69) is 15.8 Å². The number of sulfonamides is 1. The molecular weight excluding hydrogens is 613 g/mol. The minimum atomic E-state index is -4.19. The zero-order valence-electron chi connectivity index (χ0n) is 23.8. The average Bonchev–Trinajstić information content (AvgIpc) is 3.25. The lowest BCUT2D eigenvalue weighted by molar-refractivity contribution is -0.119. The minimum Gasteiger partial charge on any atom is -0.497 e. The summed E-state index contributed by atoms with van der Waals surface area (Å²) in [6, 6.07) is 19.1. The Morgan fingerprint density at radius 1 is 0.977 bits per heavy atom. The first kappa shape index (κ1) is 31.6. The molecule has 1 aromatic heterocycles. The van der Waals surface area contributed by atoms with Gasteiger partial charge in [-0.15, -0.1) is 0 Å². The number of rotatable bonds is 10. The van der Waals surface area contributed by atoms with Gasteiger partial charge in [-0.1, -0.05) is 23.2 Å². The fraction of sp³-hybridized carbons (Fsp3) is 0.167. The number of ether oxygens (including phenoxy) is 1. The van der Waals surface area contributed by atoms with E-state index in [0.717, 1.165) is 26.9 Å². The van der Waals surface area contributed by atoms with Gasteiger partial charge in [0.15, 0.2) is 0 Å². The van der Waals surface area contributed by atoms with E-state index in [1.807, 2.05) is 30.5 Å². The highest BCUT2D eigenvalue weighted by atomic mass is 35.5. The van der Waals surface area contributed by atoms with Gasteiger partial charge in [0, 0.05) is 35.2 Å². The zero-order valence-corrected chi connectivity index (χ0v) is 26.1. The van der Waals surface area contributed by atoms with Crippen LogP contribution in [-0.2, 0) is 19.6 Å². The molecule has 43 heavy (non-hydrogen) atoms. The Kier molecular flexibility index (Phi) is 9.80. The van der Waals surface area contributed by atoms with Gasteiger partial charge in [-0.3, -0.25) is 13.9 Å². The van der Waals surface area contributed by atoms with Crippen molar-refractivity contribution in [2.75, 3.05) is 23.3 Å². The molecule has 0 saturated carbocycles. The first-order valence-electron chi connectivity index (χ1n) is 12.9. The van der Waals surface area contributed by atoms with Crippen molar-refractivity contribution < 1.29 is 22.7 Å². The van der Waals surface area contributed by atoms with E-state index in [1.165, 1.54) is 56.6 Å². The highest BCUT2D eigenvalue weighted by molar-refractivity contribution is 7.92. The first-order valence-corrected chi connectivity index (χ1v) is 15.1. The van der Waals surface area contributed by atoms with Crippen molar-refractivity contribution in [3.8, 4) is 11.4 Å². The number of amides is 2. The predicted octanol–water partition coefficient (Wildman–Crippen LogP) is 5.71. The molecule has 13 heteroatoms. The maximum atomic E-state index is 13.7. The highest BCUT2D eigenvalue weighted by Crippen LogP contribution is 2.28. The van der Waals surface area contributed by atoms with Gasteiger partial charge in [-0.25, -0.2) is 13.8 Å². The largest absolute Gasteiger partial charge is 0.497 e. The molecule has 224 valence electrons. The Balaban J connectivity index is 1.56.